The van der Waals surface area contributed by atoms with Gasteiger partial charge in [0, 0.05) is 50.7 Å². The number of aromatic nitrogens is 2. The van der Waals surface area contributed by atoms with E-state index in [2.05, 4.69) is 32.0 Å². The maximum Gasteiger partial charge on any atom is 0.191 e. The SMILES string of the molecule is CCNC(=NCC1(N2CCOCC2)CCCCC1)NCCn1ccnc1.I. The molecule has 0 atom stereocenters. The van der Waals surface area contributed by atoms with Crippen LogP contribution in [0.3, 0.4) is 0 Å². The Labute approximate surface area is 180 Å². The van der Waals surface area contributed by atoms with Gasteiger partial charge in [-0.1, -0.05) is 19.3 Å². The molecule has 2 fully saturated rings. The van der Waals surface area contributed by atoms with Crippen molar-refractivity contribution in [2.45, 2.75) is 51.1 Å². The number of nitrogens with one attached hydrogen (secondary N) is 2. The van der Waals surface area contributed by atoms with Crippen molar-refractivity contribution in [3.05, 3.63) is 18.7 Å². The maximum absolute atomic E-state index is 5.58. The summed E-state index contributed by atoms with van der Waals surface area (Å²) in [7, 11) is 0. The zero-order valence-corrected chi connectivity index (χ0v) is 18.9. The van der Waals surface area contributed by atoms with E-state index in [1.54, 1.807) is 0 Å². The van der Waals surface area contributed by atoms with Crippen molar-refractivity contribution in [2.75, 3.05) is 45.9 Å². The second kappa shape index (κ2) is 11.9. The number of guanidine groups is 1. The van der Waals surface area contributed by atoms with Gasteiger partial charge in [-0.05, 0) is 19.8 Å². The molecular weight excluding hydrogens is 455 g/mol. The van der Waals surface area contributed by atoms with E-state index >= 15 is 0 Å². The summed E-state index contributed by atoms with van der Waals surface area (Å²) in [4.78, 5) is 11.7. The van der Waals surface area contributed by atoms with Crippen LogP contribution < -0.4 is 10.6 Å². The van der Waals surface area contributed by atoms with Crippen molar-refractivity contribution in [1.29, 1.82) is 0 Å². The van der Waals surface area contributed by atoms with Gasteiger partial charge in [0.25, 0.3) is 0 Å². The Hall–Kier alpha value is -0.870. The van der Waals surface area contributed by atoms with E-state index < -0.39 is 0 Å². The van der Waals surface area contributed by atoms with Crippen LogP contribution in [0.1, 0.15) is 39.0 Å². The normalized spacial score (nSPS) is 20.7. The van der Waals surface area contributed by atoms with Crippen LogP contribution in [0.15, 0.2) is 23.7 Å². The van der Waals surface area contributed by atoms with Gasteiger partial charge in [-0.2, -0.15) is 0 Å². The molecule has 154 valence electrons. The Kier molecular flexibility index (Phi) is 9.84. The number of ether oxygens (including phenoxy) is 1. The second-order valence-electron chi connectivity index (χ2n) is 7.31. The largest absolute Gasteiger partial charge is 0.379 e. The van der Waals surface area contributed by atoms with E-state index in [1.165, 1.54) is 32.1 Å². The summed E-state index contributed by atoms with van der Waals surface area (Å²) >= 11 is 0. The molecule has 1 aliphatic carbocycles. The van der Waals surface area contributed by atoms with Crippen molar-refractivity contribution in [1.82, 2.24) is 25.1 Å². The highest BCUT2D eigenvalue weighted by molar-refractivity contribution is 14.0. The Bertz CT molecular complexity index is 538. The van der Waals surface area contributed by atoms with E-state index in [9.17, 15) is 0 Å². The first-order chi connectivity index (χ1) is 12.8. The van der Waals surface area contributed by atoms with E-state index in [1.807, 2.05) is 18.7 Å². The van der Waals surface area contributed by atoms with Gasteiger partial charge < -0.3 is 19.9 Å². The van der Waals surface area contributed by atoms with Crippen molar-refractivity contribution >= 4 is 29.9 Å². The molecule has 2 aliphatic rings. The minimum Gasteiger partial charge on any atom is -0.379 e. The highest BCUT2D eigenvalue weighted by Gasteiger charge is 2.38. The lowest BCUT2D eigenvalue weighted by molar-refractivity contribution is -0.0333. The van der Waals surface area contributed by atoms with Gasteiger partial charge in [-0.25, -0.2) is 4.98 Å². The molecule has 1 saturated heterocycles. The Morgan fingerprint density at radius 3 is 2.63 bits per heavy atom. The number of aliphatic imine (C=N–C) groups is 1. The van der Waals surface area contributed by atoms with Gasteiger partial charge in [0.05, 0.1) is 26.1 Å². The molecule has 1 aromatic rings. The third-order valence-corrected chi connectivity index (χ3v) is 5.56. The molecular formula is C19H35IN6O. The minimum atomic E-state index is 0. The fourth-order valence-electron chi connectivity index (χ4n) is 4.11. The molecule has 2 N–H and O–H groups in total. The Morgan fingerprint density at radius 1 is 1.19 bits per heavy atom. The molecule has 0 amide bonds. The molecule has 0 unspecified atom stereocenters. The van der Waals surface area contributed by atoms with Crippen LogP contribution in [0.2, 0.25) is 0 Å². The first kappa shape index (κ1) is 22.4. The van der Waals surface area contributed by atoms with Crippen molar-refractivity contribution in [3.63, 3.8) is 0 Å². The van der Waals surface area contributed by atoms with Crippen LogP contribution in [0, 0.1) is 0 Å². The first-order valence-corrected chi connectivity index (χ1v) is 10.1. The second-order valence-corrected chi connectivity index (χ2v) is 7.31. The van der Waals surface area contributed by atoms with Gasteiger partial charge >= 0.3 is 0 Å². The van der Waals surface area contributed by atoms with E-state index in [0.717, 1.165) is 58.4 Å². The summed E-state index contributed by atoms with van der Waals surface area (Å²) in [6.07, 6.45) is 12.2. The van der Waals surface area contributed by atoms with Crippen LogP contribution >= 0.6 is 24.0 Å². The zero-order chi connectivity index (χ0) is 18.1. The van der Waals surface area contributed by atoms with Crippen molar-refractivity contribution in [2.24, 2.45) is 4.99 Å². The summed E-state index contributed by atoms with van der Waals surface area (Å²) < 4.78 is 7.65. The molecule has 1 aliphatic heterocycles. The van der Waals surface area contributed by atoms with Crippen molar-refractivity contribution in [3.8, 4) is 0 Å². The molecule has 27 heavy (non-hydrogen) atoms. The average molecular weight is 490 g/mol. The standard InChI is InChI=1S/C19H34N6O.HI/c1-2-21-18(22-9-11-24-10-8-20-17-24)23-16-19(6-4-3-5-7-19)25-12-14-26-15-13-25;/h8,10,17H,2-7,9,11-16H2,1H3,(H2,21,22,23);1H. The van der Waals surface area contributed by atoms with E-state index in [4.69, 9.17) is 9.73 Å². The van der Waals surface area contributed by atoms with Crippen LogP contribution in [-0.4, -0.2) is 71.9 Å². The molecule has 1 saturated carbocycles. The molecule has 0 spiro atoms. The number of imidazole rings is 1. The highest BCUT2D eigenvalue weighted by atomic mass is 127. The molecule has 0 aromatic carbocycles. The predicted octanol–water partition coefficient (Wildman–Crippen LogP) is 2.09. The quantitative estimate of drug-likeness (QED) is 0.348. The van der Waals surface area contributed by atoms with Gasteiger partial charge in [0.2, 0.25) is 0 Å². The number of nitrogens with zero attached hydrogens (tertiary/aromatic N) is 4. The molecule has 7 nitrogen and oxygen atoms in total. The summed E-state index contributed by atoms with van der Waals surface area (Å²) in [5.41, 5.74) is 0.217. The zero-order valence-electron chi connectivity index (χ0n) is 16.5. The van der Waals surface area contributed by atoms with E-state index in [0.29, 0.717) is 0 Å². The summed E-state index contributed by atoms with van der Waals surface area (Å²) in [6, 6.07) is 0. The average Bonchev–Trinajstić information content (AvgIpc) is 3.21. The summed E-state index contributed by atoms with van der Waals surface area (Å²) in [6.45, 7) is 9.38. The van der Waals surface area contributed by atoms with E-state index in [-0.39, 0.29) is 29.5 Å². The number of hydrogen-bond acceptors (Lipinski definition) is 4. The van der Waals surface area contributed by atoms with Crippen LogP contribution in [0.5, 0.6) is 0 Å². The number of rotatable bonds is 7. The Morgan fingerprint density at radius 2 is 1.96 bits per heavy atom. The summed E-state index contributed by atoms with van der Waals surface area (Å²) in [5.74, 6) is 0.922. The van der Waals surface area contributed by atoms with Gasteiger partial charge in [-0.15, -0.1) is 24.0 Å². The molecule has 1 aromatic heterocycles. The van der Waals surface area contributed by atoms with Crippen LogP contribution in [0.25, 0.3) is 0 Å². The minimum absolute atomic E-state index is 0. The monoisotopic (exact) mass is 490 g/mol. The van der Waals surface area contributed by atoms with Gasteiger partial charge in [-0.3, -0.25) is 9.89 Å². The lowest BCUT2D eigenvalue weighted by Gasteiger charge is -2.47. The van der Waals surface area contributed by atoms with Crippen molar-refractivity contribution < 1.29 is 4.74 Å². The number of halogens is 1. The summed E-state index contributed by atoms with van der Waals surface area (Å²) in [5, 5.41) is 6.86. The topological polar surface area (TPSA) is 66.7 Å². The molecule has 3 rings (SSSR count). The van der Waals surface area contributed by atoms with Gasteiger partial charge in [0.15, 0.2) is 5.96 Å². The lowest BCUT2D eigenvalue weighted by Crippen LogP contribution is -2.56. The Balaban J connectivity index is 0.00000261. The van der Waals surface area contributed by atoms with Gasteiger partial charge in [0.1, 0.15) is 0 Å². The highest BCUT2D eigenvalue weighted by Crippen LogP contribution is 2.34. The third-order valence-electron chi connectivity index (χ3n) is 5.56. The third kappa shape index (κ3) is 6.60. The molecule has 2 heterocycles. The molecule has 0 radical (unpaired) electrons. The fourth-order valence-corrected chi connectivity index (χ4v) is 4.11. The first-order valence-electron chi connectivity index (χ1n) is 10.1. The molecule has 8 heteroatoms. The number of morpholine rings is 1. The fraction of sp³-hybridized carbons (Fsp3) is 0.789. The lowest BCUT2D eigenvalue weighted by atomic mass is 9.80. The number of hydrogen-bond donors (Lipinski definition) is 2. The maximum atomic E-state index is 5.58. The molecule has 0 bridgehead atoms. The van der Waals surface area contributed by atoms with Crippen LogP contribution in [0.4, 0.5) is 0 Å². The van der Waals surface area contributed by atoms with Crippen LogP contribution in [-0.2, 0) is 11.3 Å². The predicted molar refractivity (Wildman–Crippen MR) is 120 cm³/mol. The smallest absolute Gasteiger partial charge is 0.191 e.